The van der Waals surface area contributed by atoms with Crippen molar-refractivity contribution < 1.29 is 9.53 Å². The molecule has 2 saturated heterocycles. The molecule has 0 N–H and O–H groups in total. The molecule has 3 fully saturated rings. The van der Waals surface area contributed by atoms with Gasteiger partial charge < -0.3 is 14.5 Å². The Morgan fingerprint density at radius 2 is 2.00 bits per heavy atom. The number of carbonyl (C=O) groups excluding carboxylic acids is 1. The summed E-state index contributed by atoms with van der Waals surface area (Å²) >= 11 is 0. The maximum atomic E-state index is 12.0. The number of ether oxygens (including phenoxy) is 1. The number of rotatable bonds is 5. The Labute approximate surface area is 196 Å². The van der Waals surface area contributed by atoms with Crippen LogP contribution in [0.2, 0.25) is 0 Å². The topological polar surface area (TPSA) is 66.7 Å². The van der Waals surface area contributed by atoms with Crippen LogP contribution >= 0.6 is 0 Å². The number of pyridine rings is 1. The van der Waals surface area contributed by atoms with Crippen molar-refractivity contribution in [1.82, 2.24) is 24.6 Å². The lowest BCUT2D eigenvalue weighted by Gasteiger charge is -2.48. The van der Waals surface area contributed by atoms with E-state index >= 15 is 0 Å². The first-order chi connectivity index (χ1) is 16.0. The lowest BCUT2D eigenvalue weighted by molar-refractivity contribution is -0.00294. The zero-order valence-corrected chi connectivity index (χ0v) is 20.1. The third-order valence-corrected chi connectivity index (χ3v) is 7.59. The molecule has 1 spiro atoms. The van der Waals surface area contributed by atoms with Gasteiger partial charge in [0.1, 0.15) is 5.82 Å². The van der Waals surface area contributed by atoms with Gasteiger partial charge in [0.25, 0.3) is 0 Å². The maximum absolute atomic E-state index is 12.0. The largest absolute Gasteiger partial charge is 0.450 e. The second kappa shape index (κ2) is 8.97. The summed E-state index contributed by atoms with van der Waals surface area (Å²) in [5.41, 5.74) is 2.42. The van der Waals surface area contributed by atoms with Crippen molar-refractivity contribution in [2.24, 2.45) is 5.41 Å². The van der Waals surface area contributed by atoms with Gasteiger partial charge in [-0.3, -0.25) is 9.58 Å². The number of piperazine rings is 1. The predicted molar refractivity (Wildman–Crippen MR) is 128 cm³/mol. The van der Waals surface area contributed by atoms with Crippen molar-refractivity contribution in [1.29, 1.82) is 0 Å². The van der Waals surface area contributed by atoms with Crippen molar-refractivity contribution in [3.05, 3.63) is 30.6 Å². The first kappa shape index (κ1) is 22.2. The van der Waals surface area contributed by atoms with E-state index in [2.05, 4.69) is 35.8 Å². The van der Waals surface area contributed by atoms with Crippen LogP contribution in [0.4, 0.5) is 10.6 Å². The van der Waals surface area contributed by atoms with Crippen LogP contribution in [-0.2, 0) is 4.74 Å². The number of aromatic nitrogens is 3. The molecule has 8 nitrogen and oxygen atoms in total. The van der Waals surface area contributed by atoms with Crippen LogP contribution in [0.15, 0.2) is 30.6 Å². The quantitative estimate of drug-likeness (QED) is 0.690. The van der Waals surface area contributed by atoms with Gasteiger partial charge in [-0.25, -0.2) is 9.78 Å². The number of likely N-dealkylation sites (tertiary alicyclic amines) is 1. The van der Waals surface area contributed by atoms with Gasteiger partial charge in [0.05, 0.1) is 12.3 Å². The van der Waals surface area contributed by atoms with E-state index in [-0.39, 0.29) is 6.09 Å². The number of amides is 1. The highest BCUT2D eigenvalue weighted by Gasteiger charge is 2.51. The molecule has 2 aromatic heterocycles. The number of anilines is 1. The minimum absolute atomic E-state index is 0.149. The van der Waals surface area contributed by atoms with Gasteiger partial charge in [-0.15, -0.1) is 0 Å². The van der Waals surface area contributed by atoms with E-state index in [4.69, 9.17) is 14.8 Å². The summed E-state index contributed by atoms with van der Waals surface area (Å²) in [6.45, 7) is 12.4. The molecule has 1 saturated carbocycles. The standard InChI is InChI=1S/C25H36N6O2/c1-4-33-24(32)30-17-25(18-30)9-7-20(16-25)28-12-14-29(15-13-28)23-21(6-5-10-26-23)22-8-11-31(27-22)19(2)3/h5-6,8,10-11,19-20H,4,7,9,12-18H2,1-3H3/t20-/m1/s1. The van der Waals surface area contributed by atoms with Gasteiger partial charge in [-0.2, -0.15) is 5.10 Å². The van der Waals surface area contributed by atoms with Crippen molar-refractivity contribution in [2.75, 3.05) is 50.8 Å². The summed E-state index contributed by atoms with van der Waals surface area (Å²) in [4.78, 5) is 23.7. The lowest BCUT2D eigenvalue weighted by Crippen LogP contribution is -2.58. The molecule has 2 aromatic rings. The van der Waals surface area contributed by atoms with Crippen molar-refractivity contribution in [2.45, 2.75) is 52.1 Å². The molecule has 0 radical (unpaired) electrons. The molecule has 1 aliphatic carbocycles. The van der Waals surface area contributed by atoms with E-state index in [9.17, 15) is 4.79 Å². The highest BCUT2D eigenvalue weighted by molar-refractivity contribution is 5.73. The molecule has 1 amide bonds. The third kappa shape index (κ3) is 4.33. The van der Waals surface area contributed by atoms with E-state index < -0.39 is 0 Å². The van der Waals surface area contributed by atoms with Crippen molar-refractivity contribution >= 4 is 11.9 Å². The number of carbonyl (C=O) groups is 1. The molecular formula is C25H36N6O2. The molecule has 8 heteroatoms. The third-order valence-electron chi connectivity index (χ3n) is 7.59. The fourth-order valence-corrected chi connectivity index (χ4v) is 5.80. The van der Waals surface area contributed by atoms with Crippen LogP contribution in [0, 0.1) is 5.41 Å². The Hall–Kier alpha value is -2.61. The number of hydrogen-bond acceptors (Lipinski definition) is 6. The highest BCUT2D eigenvalue weighted by atomic mass is 16.6. The smallest absolute Gasteiger partial charge is 0.409 e. The molecule has 178 valence electrons. The summed E-state index contributed by atoms with van der Waals surface area (Å²) in [6, 6.07) is 7.19. The Kier molecular flexibility index (Phi) is 6.03. The fraction of sp³-hybridized carbons (Fsp3) is 0.640. The Morgan fingerprint density at radius 1 is 1.21 bits per heavy atom. The summed E-state index contributed by atoms with van der Waals surface area (Å²) in [6.07, 6.45) is 7.44. The van der Waals surface area contributed by atoms with Gasteiger partial charge >= 0.3 is 6.09 Å². The van der Waals surface area contributed by atoms with E-state index in [0.29, 0.717) is 24.1 Å². The zero-order chi connectivity index (χ0) is 23.0. The summed E-state index contributed by atoms with van der Waals surface area (Å²) in [7, 11) is 0. The summed E-state index contributed by atoms with van der Waals surface area (Å²) < 4.78 is 7.16. The SMILES string of the molecule is CCOC(=O)N1CC2(CC[C@@H](N3CCN(c4ncccc4-c4ccn(C(C)C)n4)CC3)C2)C1. The van der Waals surface area contributed by atoms with Crippen LogP contribution in [0.3, 0.4) is 0 Å². The van der Waals surface area contributed by atoms with Crippen LogP contribution in [0.1, 0.15) is 46.1 Å². The first-order valence-electron chi connectivity index (χ1n) is 12.4. The molecule has 3 aliphatic rings. The predicted octanol–water partition coefficient (Wildman–Crippen LogP) is 3.66. The number of hydrogen-bond donors (Lipinski definition) is 0. The first-order valence-corrected chi connectivity index (χ1v) is 12.4. The minimum Gasteiger partial charge on any atom is -0.450 e. The van der Waals surface area contributed by atoms with Crippen molar-refractivity contribution in [3.63, 3.8) is 0 Å². The van der Waals surface area contributed by atoms with Gasteiger partial charge in [0, 0.05) is 74.7 Å². The fourth-order valence-electron chi connectivity index (χ4n) is 5.80. The molecule has 0 aromatic carbocycles. The van der Waals surface area contributed by atoms with E-state index in [1.165, 1.54) is 19.3 Å². The highest BCUT2D eigenvalue weighted by Crippen LogP contribution is 2.47. The molecular weight excluding hydrogens is 416 g/mol. The molecule has 0 bridgehead atoms. The van der Waals surface area contributed by atoms with Crippen LogP contribution in [0.25, 0.3) is 11.3 Å². The second-order valence-corrected chi connectivity index (χ2v) is 10.1. The molecule has 33 heavy (non-hydrogen) atoms. The zero-order valence-electron chi connectivity index (χ0n) is 20.1. The average molecular weight is 453 g/mol. The van der Waals surface area contributed by atoms with Gasteiger partial charge in [0.2, 0.25) is 0 Å². The lowest BCUT2D eigenvalue weighted by atomic mass is 9.78. The van der Waals surface area contributed by atoms with Gasteiger partial charge in [0.15, 0.2) is 0 Å². The van der Waals surface area contributed by atoms with E-state index in [1.54, 1.807) is 0 Å². The van der Waals surface area contributed by atoms with Crippen LogP contribution < -0.4 is 4.90 Å². The summed E-state index contributed by atoms with van der Waals surface area (Å²) in [5.74, 6) is 1.04. The molecule has 0 unspecified atom stereocenters. The van der Waals surface area contributed by atoms with Crippen molar-refractivity contribution in [3.8, 4) is 11.3 Å². The normalized spacial score (nSPS) is 22.7. The minimum atomic E-state index is -0.149. The van der Waals surface area contributed by atoms with E-state index in [0.717, 1.165) is 56.3 Å². The van der Waals surface area contributed by atoms with E-state index in [1.807, 2.05) is 35.0 Å². The van der Waals surface area contributed by atoms with Crippen LogP contribution in [0.5, 0.6) is 0 Å². The maximum Gasteiger partial charge on any atom is 0.409 e. The monoisotopic (exact) mass is 452 g/mol. The molecule has 1 atom stereocenters. The molecule has 4 heterocycles. The van der Waals surface area contributed by atoms with Gasteiger partial charge in [-0.1, -0.05) is 0 Å². The second-order valence-electron chi connectivity index (χ2n) is 10.1. The van der Waals surface area contributed by atoms with Crippen LogP contribution in [-0.4, -0.2) is 82.6 Å². The molecule has 5 rings (SSSR count). The Morgan fingerprint density at radius 3 is 2.70 bits per heavy atom. The average Bonchev–Trinajstić information content (AvgIpc) is 3.47. The summed E-state index contributed by atoms with van der Waals surface area (Å²) in [5, 5.41) is 4.78. The Bertz CT molecular complexity index is 975. The Balaban J connectivity index is 1.18. The number of nitrogens with zero attached hydrogens (tertiary/aromatic N) is 6. The van der Waals surface area contributed by atoms with Gasteiger partial charge in [-0.05, 0) is 58.2 Å². The molecule has 2 aliphatic heterocycles.